The quantitative estimate of drug-likeness (QED) is 0.844. The van der Waals surface area contributed by atoms with Crippen LogP contribution in [0.4, 0.5) is 0 Å². The SMILES string of the molecule is COc1ccc(C)cc1CS(=O)CC(C)CN. The van der Waals surface area contributed by atoms with Gasteiger partial charge in [-0.15, -0.1) is 0 Å². The van der Waals surface area contributed by atoms with Gasteiger partial charge < -0.3 is 10.5 Å². The Labute approximate surface area is 106 Å². The topological polar surface area (TPSA) is 52.3 Å². The van der Waals surface area contributed by atoms with Gasteiger partial charge in [0.05, 0.1) is 12.9 Å². The Morgan fingerprint density at radius 3 is 2.76 bits per heavy atom. The molecule has 96 valence electrons. The molecule has 0 saturated heterocycles. The number of hydrogen-bond acceptors (Lipinski definition) is 3. The standard InChI is InChI=1S/C13H21NO2S/c1-10-4-5-13(16-3)12(6-10)9-17(15)8-11(2)7-14/h4-6,11H,7-9,14H2,1-3H3. The van der Waals surface area contributed by atoms with E-state index in [9.17, 15) is 4.21 Å². The summed E-state index contributed by atoms with van der Waals surface area (Å²) in [5.41, 5.74) is 7.70. The Bertz CT molecular complexity index is 393. The average Bonchev–Trinajstić information content (AvgIpc) is 2.29. The first-order valence-electron chi connectivity index (χ1n) is 5.75. The monoisotopic (exact) mass is 255 g/mol. The van der Waals surface area contributed by atoms with Crippen molar-refractivity contribution in [3.63, 3.8) is 0 Å². The summed E-state index contributed by atoms with van der Waals surface area (Å²) in [5.74, 6) is 2.29. The van der Waals surface area contributed by atoms with Crippen molar-refractivity contribution in [1.82, 2.24) is 0 Å². The minimum Gasteiger partial charge on any atom is -0.496 e. The van der Waals surface area contributed by atoms with Gasteiger partial charge >= 0.3 is 0 Å². The van der Waals surface area contributed by atoms with Crippen molar-refractivity contribution in [3.8, 4) is 5.75 Å². The maximum Gasteiger partial charge on any atom is 0.123 e. The molecule has 0 heterocycles. The molecule has 2 atom stereocenters. The summed E-state index contributed by atoms with van der Waals surface area (Å²) in [5, 5.41) is 0. The average molecular weight is 255 g/mol. The van der Waals surface area contributed by atoms with Gasteiger partial charge in [-0.3, -0.25) is 4.21 Å². The fraction of sp³-hybridized carbons (Fsp3) is 0.538. The van der Waals surface area contributed by atoms with Crippen LogP contribution in [-0.2, 0) is 16.6 Å². The lowest BCUT2D eigenvalue weighted by molar-refractivity contribution is 0.411. The summed E-state index contributed by atoms with van der Waals surface area (Å²) in [6.07, 6.45) is 0. The van der Waals surface area contributed by atoms with Crippen LogP contribution in [-0.4, -0.2) is 23.6 Å². The molecule has 0 saturated carbocycles. The van der Waals surface area contributed by atoms with Crippen molar-refractivity contribution >= 4 is 10.8 Å². The summed E-state index contributed by atoms with van der Waals surface area (Å²) in [6.45, 7) is 4.62. The molecule has 0 aromatic heterocycles. The van der Waals surface area contributed by atoms with E-state index in [0.29, 0.717) is 24.0 Å². The number of ether oxygens (including phenoxy) is 1. The van der Waals surface area contributed by atoms with Crippen molar-refractivity contribution < 1.29 is 8.95 Å². The van der Waals surface area contributed by atoms with E-state index in [0.717, 1.165) is 16.9 Å². The highest BCUT2D eigenvalue weighted by molar-refractivity contribution is 7.84. The van der Waals surface area contributed by atoms with Gasteiger partial charge in [0.2, 0.25) is 0 Å². The summed E-state index contributed by atoms with van der Waals surface area (Å²) in [7, 11) is 0.757. The lowest BCUT2D eigenvalue weighted by Crippen LogP contribution is -2.18. The molecular weight excluding hydrogens is 234 g/mol. The van der Waals surface area contributed by atoms with Gasteiger partial charge in [-0.2, -0.15) is 0 Å². The summed E-state index contributed by atoms with van der Waals surface area (Å²) >= 11 is 0. The van der Waals surface area contributed by atoms with Crippen LogP contribution in [0.3, 0.4) is 0 Å². The minimum atomic E-state index is -0.881. The highest BCUT2D eigenvalue weighted by Crippen LogP contribution is 2.21. The molecular formula is C13H21NO2S. The number of hydrogen-bond donors (Lipinski definition) is 1. The molecule has 0 fully saturated rings. The fourth-order valence-corrected chi connectivity index (χ4v) is 3.10. The first kappa shape index (κ1) is 14.2. The molecule has 0 radical (unpaired) electrons. The van der Waals surface area contributed by atoms with Crippen molar-refractivity contribution in [1.29, 1.82) is 0 Å². The van der Waals surface area contributed by atoms with Crippen LogP contribution in [0.5, 0.6) is 5.75 Å². The Kier molecular flexibility index (Phi) is 5.65. The number of benzene rings is 1. The number of aryl methyl sites for hydroxylation is 1. The zero-order chi connectivity index (χ0) is 12.8. The van der Waals surface area contributed by atoms with Crippen molar-refractivity contribution in [2.45, 2.75) is 19.6 Å². The van der Waals surface area contributed by atoms with E-state index < -0.39 is 10.8 Å². The first-order valence-corrected chi connectivity index (χ1v) is 7.24. The molecule has 0 aliphatic rings. The third-order valence-electron chi connectivity index (χ3n) is 2.63. The van der Waals surface area contributed by atoms with Gasteiger partial charge in [-0.05, 0) is 25.5 Å². The lowest BCUT2D eigenvalue weighted by atomic mass is 10.1. The Morgan fingerprint density at radius 2 is 2.18 bits per heavy atom. The van der Waals surface area contributed by atoms with Crippen LogP contribution in [0.2, 0.25) is 0 Å². The Balaban J connectivity index is 2.73. The van der Waals surface area contributed by atoms with Crippen LogP contribution in [0.15, 0.2) is 18.2 Å². The predicted molar refractivity (Wildman–Crippen MR) is 72.7 cm³/mol. The second-order valence-corrected chi connectivity index (χ2v) is 5.91. The molecule has 4 heteroatoms. The fourth-order valence-electron chi connectivity index (χ4n) is 1.64. The van der Waals surface area contributed by atoms with E-state index >= 15 is 0 Å². The van der Waals surface area contributed by atoms with E-state index in [1.807, 2.05) is 32.0 Å². The van der Waals surface area contributed by atoms with Gasteiger partial charge in [0, 0.05) is 22.1 Å². The van der Waals surface area contributed by atoms with Gasteiger partial charge in [0.15, 0.2) is 0 Å². The van der Waals surface area contributed by atoms with Gasteiger partial charge in [-0.25, -0.2) is 0 Å². The summed E-state index contributed by atoms with van der Waals surface area (Å²) in [6, 6.07) is 5.95. The molecule has 2 unspecified atom stereocenters. The molecule has 0 spiro atoms. The largest absolute Gasteiger partial charge is 0.496 e. The van der Waals surface area contributed by atoms with Gasteiger partial charge in [0.25, 0.3) is 0 Å². The van der Waals surface area contributed by atoms with Crippen molar-refractivity contribution in [3.05, 3.63) is 29.3 Å². The normalized spacial score (nSPS) is 14.4. The number of methoxy groups -OCH3 is 1. The predicted octanol–water partition coefficient (Wildman–Crippen LogP) is 1.85. The molecule has 0 aliphatic heterocycles. The van der Waals surface area contributed by atoms with Crippen LogP contribution in [0.1, 0.15) is 18.1 Å². The summed E-state index contributed by atoms with van der Waals surface area (Å²) < 4.78 is 17.2. The first-order chi connectivity index (χ1) is 8.06. The molecule has 0 aliphatic carbocycles. The Hall–Kier alpha value is -0.870. The highest BCUT2D eigenvalue weighted by Gasteiger charge is 2.10. The molecule has 17 heavy (non-hydrogen) atoms. The zero-order valence-electron chi connectivity index (χ0n) is 10.7. The molecule has 2 N–H and O–H groups in total. The minimum absolute atomic E-state index is 0.298. The third-order valence-corrected chi connectivity index (χ3v) is 4.20. The smallest absolute Gasteiger partial charge is 0.123 e. The molecule has 0 bridgehead atoms. The molecule has 0 amide bonds. The summed E-state index contributed by atoms with van der Waals surface area (Å²) in [4.78, 5) is 0. The highest BCUT2D eigenvalue weighted by atomic mass is 32.2. The lowest BCUT2D eigenvalue weighted by Gasteiger charge is -2.11. The van der Waals surface area contributed by atoms with E-state index in [1.165, 1.54) is 0 Å². The number of nitrogens with two attached hydrogens (primary N) is 1. The zero-order valence-corrected chi connectivity index (χ0v) is 11.5. The molecule has 1 aromatic carbocycles. The Morgan fingerprint density at radius 1 is 1.47 bits per heavy atom. The van der Waals surface area contributed by atoms with E-state index in [-0.39, 0.29) is 0 Å². The maximum atomic E-state index is 12.0. The van der Waals surface area contributed by atoms with Crippen LogP contribution in [0.25, 0.3) is 0 Å². The maximum absolute atomic E-state index is 12.0. The van der Waals surface area contributed by atoms with Crippen molar-refractivity contribution in [2.24, 2.45) is 11.7 Å². The molecule has 1 aromatic rings. The van der Waals surface area contributed by atoms with E-state index in [1.54, 1.807) is 7.11 Å². The van der Waals surface area contributed by atoms with Crippen LogP contribution in [0, 0.1) is 12.8 Å². The third kappa shape index (κ3) is 4.48. The van der Waals surface area contributed by atoms with Crippen molar-refractivity contribution in [2.75, 3.05) is 19.4 Å². The van der Waals surface area contributed by atoms with Gasteiger partial charge in [-0.1, -0.05) is 24.6 Å². The molecule has 1 rings (SSSR count). The van der Waals surface area contributed by atoms with Crippen LogP contribution < -0.4 is 10.5 Å². The second kappa shape index (κ2) is 6.77. The second-order valence-electron chi connectivity index (χ2n) is 4.41. The van der Waals surface area contributed by atoms with E-state index in [4.69, 9.17) is 10.5 Å². The van der Waals surface area contributed by atoms with Gasteiger partial charge in [0.1, 0.15) is 5.75 Å². The molecule has 3 nitrogen and oxygen atoms in total. The number of rotatable bonds is 6. The van der Waals surface area contributed by atoms with E-state index in [2.05, 4.69) is 0 Å². The van der Waals surface area contributed by atoms with Crippen LogP contribution >= 0.6 is 0 Å².